The molecule has 2 unspecified atom stereocenters. The first-order chi connectivity index (χ1) is 7.42. The fraction of sp³-hybridized carbons (Fsp3) is 0.600. The number of aromatic nitrogens is 2. The summed E-state index contributed by atoms with van der Waals surface area (Å²) in [6.07, 6.45) is 3.33. The van der Waals surface area contributed by atoms with Gasteiger partial charge in [-0.1, -0.05) is 11.6 Å². The second-order valence-corrected chi connectivity index (χ2v) is 4.81. The molecule has 0 aliphatic heterocycles. The lowest BCUT2D eigenvalue weighted by Crippen LogP contribution is -2.45. The number of nitrogens with two attached hydrogens (primary N) is 1. The number of carbonyl (C=O) groups is 1. The maximum atomic E-state index is 11.0. The number of halogens is 1. The molecule has 0 bridgehead atoms. The molecule has 88 valence electrons. The first-order valence-corrected chi connectivity index (χ1v) is 5.54. The van der Waals surface area contributed by atoms with Gasteiger partial charge in [0.15, 0.2) is 0 Å². The van der Waals surface area contributed by atoms with E-state index in [0.717, 1.165) is 12.1 Å². The van der Waals surface area contributed by atoms with E-state index in [4.69, 9.17) is 22.4 Å². The molecule has 1 heterocycles. The highest BCUT2D eigenvalue weighted by Crippen LogP contribution is 2.36. The van der Waals surface area contributed by atoms with Crippen molar-refractivity contribution in [3.63, 3.8) is 0 Å². The van der Waals surface area contributed by atoms with E-state index in [1.807, 2.05) is 6.92 Å². The first kappa shape index (κ1) is 11.4. The Labute approximate surface area is 98.2 Å². The summed E-state index contributed by atoms with van der Waals surface area (Å²) in [5, 5.41) is 13.9. The molecular formula is C10H14ClN3O2. The highest BCUT2D eigenvalue weighted by molar-refractivity contribution is 6.31. The van der Waals surface area contributed by atoms with Crippen LogP contribution in [-0.4, -0.2) is 26.4 Å². The Hall–Kier alpha value is -1.07. The van der Waals surface area contributed by atoms with Gasteiger partial charge < -0.3 is 10.8 Å². The molecule has 6 heteroatoms. The number of aliphatic carboxylic acids is 1. The lowest BCUT2D eigenvalue weighted by atomic mass is 9.99. The van der Waals surface area contributed by atoms with Crippen molar-refractivity contribution in [1.29, 1.82) is 0 Å². The third-order valence-corrected chi connectivity index (χ3v) is 3.55. The van der Waals surface area contributed by atoms with E-state index < -0.39 is 11.5 Å². The van der Waals surface area contributed by atoms with Gasteiger partial charge in [0.25, 0.3) is 0 Å². The molecule has 5 nitrogen and oxygen atoms in total. The predicted octanol–water partition coefficient (Wildman–Crippen LogP) is 1.35. The SMILES string of the molecule is Cc1nn(C2CCC(N)(C(=O)O)C2)cc1Cl. The molecular weight excluding hydrogens is 230 g/mol. The predicted molar refractivity (Wildman–Crippen MR) is 59.4 cm³/mol. The largest absolute Gasteiger partial charge is 0.480 e. The Morgan fingerprint density at radius 3 is 2.94 bits per heavy atom. The van der Waals surface area contributed by atoms with Gasteiger partial charge in [0, 0.05) is 6.20 Å². The van der Waals surface area contributed by atoms with E-state index >= 15 is 0 Å². The molecule has 16 heavy (non-hydrogen) atoms. The Kier molecular flexibility index (Phi) is 2.67. The van der Waals surface area contributed by atoms with Gasteiger partial charge >= 0.3 is 5.97 Å². The topological polar surface area (TPSA) is 81.1 Å². The van der Waals surface area contributed by atoms with Crippen LogP contribution in [0, 0.1) is 6.92 Å². The molecule has 1 aliphatic rings. The van der Waals surface area contributed by atoms with Crippen LogP contribution in [0.2, 0.25) is 5.02 Å². The third-order valence-electron chi connectivity index (χ3n) is 3.18. The van der Waals surface area contributed by atoms with E-state index in [9.17, 15) is 4.79 Å². The van der Waals surface area contributed by atoms with Gasteiger partial charge in [-0.15, -0.1) is 0 Å². The Morgan fingerprint density at radius 2 is 2.50 bits per heavy atom. The summed E-state index contributed by atoms with van der Waals surface area (Å²) in [7, 11) is 0. The minimum absolute atomic E-state index is 0.0345. The maximum Gasteiger partial charge on any atom is 0.323 e. The Morgan fingerprint density at radius 1 is 1.81 bits per heavy atom. The Bertz CT molecular complexity index is 412. The van der Waals surface area contributed by atoms with Crippen LogP contribution in [0.4, 0.5) is 0 Å². The summed E-state index contributed by atoms with van der Waals surface area (Å²) in [6.45, 7) is 1.82. The molecule has 1 fully saturated rings. The number of hydrogen-bond donors (Lipinski definition) is 2. The number of carboxylic acids is 1. The van der Waals surface area contributed by atoms with Crippen LogP contribution in [0.3, 0.4) is 0 Å². The van der Waals surface area contributed by atoms with Crippen LogP contribution in [0.25, 0.3) is 0 Å². The molecule has 2 rings (SSSR count). The van der Waals surface area contributed by atoms with E-state index in [-0.39, 0.29) is 6.04 Å². The zero-order chi connectivity index (χ0) is 11.9. The number of carboxylic acid groups (broad SMARTS) is 1. The van der Waals surface area contributed by atoms with Gasteiger partial charge in [0.2, 0.25) is 0 Å². The summed E-state index contributed by atoms with van der Waals surface area (Å²) in [4.78, 5) is 11.0. The number of rotatable bonds is 2. The molecule has 0 saturated heterocycles. The normalized spacial score (nSPS) is 29.6. The minimum atomic E-state index is -1.11. The van der Waals surface area contributed by atoms with Crippen molar-refractivity contribution in [1.82, 2.24) is 9.78 Å². The smallest absolute Gasteiger partial charge is 0.323 e. The molecule has 0 aromatic carbocycles. The second-order valence-electron chi connectivity index (χ2n) is 4.40. The van der Waals surface area contributed by atoms with E-state index in [0.29, 0.717) is 17.9 Å². The van der Waals surface area contributed by atoms with Crippen LogP contribution in [0.5, 0.6) is 0 Å². The van der Waals surface area contributed by atoms with E-state index in [1.54, 1.807) is 10.9 Å². The van der Waals surface area contributed by atoms with Crippen molar-refractivity contribution < 1.29 is 9.90 Å². The van der Waals surface area contributed by atoms with Crippen molar-refractivity contribution in [2.24, 2.45) is 5.73 Å². The summed E-state index contributed by atoms with van der Waals surface area (Å²) in [5.41, 5.74) is 5.44. The van der Waals surface area contributed by atoms with E-state index in [2.05, 4.69) is 5.10 Å². The monoisotopic (exact) mass is 243 g/mol. The van der Waals surface area contributed by atoms with Gasteiger partial charge in [0.1, 0.15) is 5.54 Å². The van der Waals surface area contributed by atoms with Crippen LogP contribution >= 0.6 is 11.6 Å². The van der Waals surface area contributed by atoms with Gasteiger partial charge in [0.05, 0.1) is 16.8 Å². The van der Waals surface area contributed by atoms with Crippen molar-refractivity contribution in [2.45, 2.75) is 37.8 Å². The average molecular weight is 244 g/mol. The van der Waals surface area contributed by atoms with Crippen LogP contribution < -0.4 is 5.73 Å². The summed E-state index contributed by atoms with van der Waals surface area (Å²) in [6, 6.07) is 0.0345. The minimum Gasteiger partial charge on any atom is -0.480 e. The van der Waals surface area contributed by atoms with Crippen molar-refractivity contribution in [2.75, 3.05) is 0 Å². The molecule has 1 saturated carbocycles. The molecule has 2 atom stereocenters. The maximum absolute atomic E-state index is 11.0. The van der Waals surface area contributed by atoms with Crippen molar-refractivity contribution in [3.05, 3.63) is 16.9 Å². The third kappa shape index (κ3) is 1.81. The fourth-order valence-electron chi connectivity index (χ4n) is 2.12. The lowest BCUT2D eigenvalue weighted by molar-refractivity contribution is -0.143. The van der Waals surface area contributed by atoms with Gasteiger partial charge in [-0.25, -0.2) is 0 Å². The lowest BCUT2D eigenvalue weighted by Gasteiger charge is -2.18. The van der Waals surface area contributed by atoms with Gasteiger partial charge in [-0.3, -0.25) is 9.48 Å². The molecule has 1 aliphatic carbocycles. The standard InChI is InChI=1S/C10H14ClN3O2/c1-6-8(11)5-14(13-6)7-2-3-10(12,4-7)9(15)16/h5,7H,2-4,12H2,1H3,(H,15,16). The molecule has 3 N–H and O–H groups in total. The number of hydrogen-bond acceptors (Lipinski definition) is 3. The van der Waals surface area contributed by atoms with Crippen LogP contribution in [0.1, 0.15) is 31.0 Å². The van der Waals surface area contributed by atoms with Crippen LogP contribution in [0.15, 0.2) is 6.20 Å². The van der Waals surface area contributed by atoms with Gasteiger partial charge in [-0.05, 0) is 26.2 Å². The molecule has 1 aromatic rings. The molecule has 0 spiro atoms. The van der Waals surface area contributed by atoms with Crippen molar-refractivity contribution in [3.8, 4) is 0 Å². The highest BCUT2D eigenvalue weighted by atomic mass is 35.5. The second kappa shape index (κ2) is 3.75. The van der Waals surface area contributed by atoms with Crippen molar-refractivity contribution >= 4 is 17.6 Å². The summed E-state index contributed by atoms with van der Waals surface area (Å²) < 4.78 is 1.73. The molecule has 0 amide bonds. The zero-order valence-electron chi connectivity index (χ0n) is 8.98. The molecule has 1 aromatic heterocycles. The summed E-state index contributed by atoms with van der Waals surface area (Å²) >= 11 is 5.91. The summed E-state index contributed by atoms with van der Waals surface area (Å²) in [5.74, 6) is -0.940. The molecule has 0 radical (unpaired) electrons. The quantitative estimate of drug-likeness (QED) is 0.822. The number of nitrogens with zero attached hydrogens (tertiary/aromatic N) is 2. The Balaban J connectivity index is 2.18. The zero-order valence-corrected chi connectivity index (χ0v) is 9.74. The fourth-order valence-corrected chi connectivity index (χ4v) is 2.25. The average Bonchev–Trinajstić information content (AvgIpc) is 2.73. The van der Waals surface area contributed by atoms with Crippen LogP contribution in [-0.2, 0) is 4.79 Å². The highest BCUT2D eigenvalue weighted by Gasteiger charge is 2.43. The number of aryl methyl sites for hydroxylation is 1. The van der Waals surface area contributed by atoms with E-state index in [1.165, 1.54) is 0 Å². The van der Waals surface area contributed by atoms with Gasteiger partial charge in [-0.2, -0.15) is 5.10 Å². The first-order valence-electron chi connectivity index (χ1n) is 5.16.